The molecule has 1 fully saturated rings. The highest BCUT2D eigenvalue weighted by atomic mass is 35.5. The lowest BCUT2D eigenvalue weighted by atomic mass is 10.1. The van der Waals surface area contributed by atoms with Crippen LogP contribution in [0.2, 0.25) is 5.02 Å². The maximum absolute atomic E-state index is 13.5. The molecule has 0 spiro atoms. The molecular weight excluding hydrogens is 538 g/mol. The number of carbonyl (C=O) groups excluding carboxylic acids is 4. The van der Waals surface area contributed by atoms with Crippen molar-refractivity contribution in [2.24, 2.45) is 0 Å². The smallest absolute Gasteiger partial charge is 0.409 e. The molecule has 3 rings (SSSR count). The van der Waals surface area contributed by atoms with E-state index in [-0.39, 0.29) is 50.0 Å². The molecule has 12 heteroatoms. The Bertz CT molecular complexity index is 1240. The van der Waals surface area contributed by atoms with Gasteiger partial charge in [0.2, 0.25) is 5.91 Å². The Kier molecular flexibility index (Phi) is 10.4. The number of aromatic nitrogens is 2. The van der Waals surface area contributed by atoms with E-state index in [4.69, 9.17) is 21.1 Å². The van der Waals surface area contributed by atoms with E-state index < -0.39 is 29.6 Å². The van der Waals surface area contributed by atoms with Gasteiger partial charge >= 0.3 is 12.1 Å². The van der Waals surface area contributed by atoms with Gasteiger partial charge in [0.15, 0.2) is 5.82 Å². The van der Waals surface area contributed by atoms with Gasteiger partial charge < -0.3 is 24.6 Å². The number of aryl methyl sites for hydroxylation is 1. The van der Waals surface area contributed by atoms with Crippen LogP contribution >= 0.6 is 11.6 Å². The predicted octanol–water partition coefficient (Wildman–Crippen LogP) is 3.63. The molecule has 0 aliphatic carbocycles. The number of nitrogens with one attached hydrogen (secondary N) is 1. The largest absolute Gasteiger partial charge is 0.460 e. The molecule has 1 aromatic heterocycles. The van der Waals surface area contributed by atoms with Crippen LogP contribution < -0.4 is 5.32 Å². The molecule has 2 aromatic rings. The van der Waals surface area contributed by atoms with Gasteiger partial charge in [0.25, 0.3) is 5.91 Å². The fourth-order valence-electron chi connectivity index (χ4n) is 4.14. The standard InChI is InChI=1S/C28H36ClN5O6/c1-6-39-27(38)34-15-13-33(14-16-34)26(37)21(11-12-23(35)40-28(3,4)5)32-25(36)22-17-18(2)30-24(31-22)19-9-7-8-10-20(19)29/h7-10,17,21H,6,11-16H2,1-5H3,(H,32,36). The van der Waals surface area contributed by atoms with Crippen molar-refractivity contribution < 1.29 is 28.7 Å². The van der Waals surface area contributed by atoms with Crippen molar-refractivity contribution in [3.05, 3.63) is 46.7 Å². The van der Waals surface area contributed by atoms with Crippen LogP contribution in [-0.4, -0.2) is 88.1 Å². The lowest BCUT2D eigenvalue weighted by molar-refractivity contribution is -0.155. The van der Waals surface area contributed by atoms with E-state index in [2.05, 4.69) is 15.3 Å². The van der Waals surface area contributed by atoms with Crippen LogP contribution in [0.4, 0.5) is 4.79 Å². The van der Waals surface area contributed by atoms with Crippen molar-refractivity contribution in [2.45, 2.75) is 59.1 Å². The molecule has 1 aromatic carbocycles. The molecule has 1 saturated heterocycles. The molecule has 1 unspecified atom stereocenters. The molecule has 0 bridgehead atoms. The Hall–Kier alpha value is -3.73. The highest BCUT2D eigenvalue weighted by Gasteiger charge is 2.32. The number of benzene rings is 1. The molecule has 3 amide bonds. The molecule has 40 heavy (non-hydrogen) atoms. The van der Waals surface area contributed by atoms with E-state index in [1.807, 2.05) is 0 Å². The van der Waals surface area contributed by atoms with Crippen LogP contribution in [0.3, 0.4) is 0 Å². The summed E-state index contributed by atoms with van der Waals surface area (Å²) in [6.45, 7) is 10.1. The highest BCUT2D eigenvalue weighted by Crippen LogP contribution is 2.25. The molecule has 2 heterocycles. The summed E-state index contributed by atoms with van der Waals surface area (Å²) in [5.74, 6) is -1.16. The number of carbonyl (C=O) groups is 4. The van der Waals surface area contributed by atoms with E-state index in [9.17, 15) is 19.2 Å². The lowest BCUT2D eigenvalue weighted by Gasteiger charge is -2.36. The van der Waals surface area contributed by atoms with Crippen molar-refractivity contribution in [3.8, 4) is 11.4 Å². The van der Waals surface area contributed by atoms with Crippen LogP contribution in [0.15, 0.2) is 30.3 Å². The number of halogens is 1. The molecule has 0 saturated carbocycles. The maximum Gasteiger partial charge on any atom is 0.409 e. The fraction of sp³-hybridized carbons (Fsp3) is 0.500. The number of hydrogen-bond acceptors (Lipinski definition) is 8. The Morgan fingerprint density at radius 3 is 2.33 bits per heavy atom. The number of esters is 1. The average molecular weight is 574 g/mol. The molecule has 1 N–H and O–H groups in total. The van der Waals surface area contributed by atoms with E-state index in [1.54, 1.807) is 63.8 Å². The van der Waals surface area contributed by atoms with Crippen LogP contribution in [0.25, 0.3) is 11.4 Å². The number of amides is 3. The molecule has 0 radical (unpaired) electrons. The second-order valence-corrected chi connectivity index (χ2v) is 10.8. The maximum atomic E-state index is 13.5. The molecule has 1 atom stereocenters. The first-order valence-corrected chi connectivity index (χ1v) is 13.6. The van der Waals surface area contributed by atoms with E-state index in [0.717, 1.165) is 0 Å². The van der Waals surface area contributed by atoms with Gasteiger partial charge in [0, 0.05) is 43.9 Å². The molecule has 216 valence electrons. The van der Waals surface area contributed by atoms with E-state index in [0.29, 0.717) is 29.4 Å². The van der Waals surface area contributed by atoms with Crippen LogP contribution in [0, 0.1) is 6.92 Å². The third-order valence-electron chi connectivity index (χ3n) is 5.98. The molecule has 1 aliphatic rings. The zero-order valence-electron chi connectivity index (χ0n) is 23.5. The summed E-state index contributed by atoms with van der Waals surface area (Å²) >= 11 is 6.31. The summed E-state index contributed by atoms with van der Waals surface area (Å²) in [6, 6.07) is 7.52. The quantitative estimate of drug-likeness (QED) is 0.474. The zero-order chi connectivity index (χ0) is 29.4. The number of piperazine rings is 1. The van der Waals surface area contributed by atoms with Gasteiger partial charge in [-0.3, -0.25) is 14.4 Å². The van der Waals surface area contributed by atoms with E-state index >= 15 is 0 Å². The second kappa shape index (κ2) is 13.6. The summed E-state index contributed by atoms with van der Waals surface area (Å²) in [7, 11) is 0. The minimum absolute atomic E-state index is 0.0268. The minimum Gasteiger partial charge on any atom is -0.460 e. The monoisotopic (exact) mass is 573 g/mol. The molecule has 11 nitrogen and oxygen atoms in total. The van der Waals surface area contributed by atoms with Gasteiger partial charge in [0.05, 0.1) is 11.6 Å². The highest BCUT2D eigenvalue weighted by molar-refractivity contribution is 6.33. The van der Waals surface area contributed by atoms with Crippen molar-refractivity contribution in [1.29, 1.82) is 0 Å². The Labute approximate surface area is 239 Å². The lowest BCUT2D eigenvalue weighted by Crippen LogP contribution is -2.56. The molecular formula is C28H36ClN5O6. The van der Waals surface area contributed by atoms with Gasteiger partial charge in [0.1, 0.15) is 17.3 Å². The summed E-state index contributed by atoms with van der Waals surface area (Å²) in [6.07, 6.45) is -0.485. The van der Waals surface area contributed by atoms with Crippen molar-refractivity contribution >= 4 is 35.5 Å². The predicted molar refractivity (Wildman–Crippen MR) is 149 cm³/mol. The normalized spacial score (nSPS) is 14.3. The summed E-state index contributed by atoms with van der Waals surface area (Å²) in [5.41, 5.74) is 0.488. The number of nitrogens with zero attached hydrogens (tertiary/aromatic N) is 4. The van der Waals surface area contributed by atoms with Gasteiger partial charge in [-0.15, -0.1) is 0 Å². The van der Waals surface area contributed by atoms with Gasteiger partial charge in [-0.25, -0.2) is 14.8 Å². The Morgan fingerprint density at radius 1 is 1.05 bits per heavy atom. The van der Waals surface area contributed by atoms with E-state index in [1.165, 1.54) is 11.0 Å². The number of ether oxygens (including phenoxy) is 2. The summed E-state index contributed by atoms with van der Waals surface area (Å²) in [5, 5.41) is 3.19. The topological polar surface area (TPSA) is 131 Å². The first kappa shape index (κ1) is 30.8. The van der Waals surface area contributed by atoms with Crippen LogP contribution in [-0.2, 0) is 19.1 Å². The van der Waals surface area contributed by atoms with Crippen LogP contribution in [0.1, 0.15) is 56.7 Å². The van der Waals surface area contributed by atoms with Crippen molar-refractivity contribution in [3.63, 3.8) is 0 Å². The number of hydrogen-bond donors (Lipinski definition) is 1. The Morgan fingerprint density at radius 2 is 1.70 bits per heavy atom. The van der Waals surface area contributed by atoms with Gasteiger partial charge in [-0.1, -0.05) is 23.7 Å². The Balaban J connectivity index is 1.78. The number of rotatable bonds is 8. The first-order chi connectivity index (χ1) is 18.9. The molecule has 1 aliphatic heterocycles. The average Bonchev–Trinajstić information content (AvgIpc) is 2.89. The SMILES string of the molecule is CCOC(=O)N1CCN(C(=O)C(CCC(=O)OC(C)(C)C)NC(=O)c2cc(C)nc(-c3ccccc3Cl)n2)CC1. The van der Waals surface area contributed by atoms with Gasteiger partial charge in [-0.05, 0) is 59.2 Å². The fourth-order valence-corrected chi connectivity index (χ4v) is 4.36. The van der Waals surface area contributed by atoms with Crippen molar-refractivity contribution in [1.82, 2.24) is 25.1 Å². The summed E-state index contributed by atoms with van der Waals surface area (Å²) in [4.78, 5) is 63.3. The van der Waals surface area contributed by atoms with Crippen LogP contribution in [0.5, 0.6) is 0 Å². The summed E-state index contributed by atoms with van der Waals surface area (Å²) < 4.78 is 10.4. The third kappa shape index (κ3) is 8.64. The first-order valence-electron chi connectivity index (χ1n) is 13.2. The third-order valence-corrected chi connectivity index (χ3v) is 6.31. The second-order valence-electron chi connectivity index (χ2n) is 10.4. The van der Waals surface area contributed by atoms with Gasteiger partial charge in [-0.2, -0.15) is 0 Å². The zero-order valence-corrected chi connectivity index (χ0v) is 24.3. The minimum atomic E-state index is -1.02. The van der Waals surface area contributed by atoms with Crippen molar-refractivity contribution in [2.75, 3.05) is 32.8 Å².